The quantitative estimate of drug-likeness (QED) is 0.267. The molecule has 3 N–H and O–H groups in total. The molecule has 1 saturated heterocycles. The molecule has 0 radical (unpaired) electrons. The van der Waals surface area contributed by atoms with Crippen LogP contribution in [-0.2, 0) is 24.6 Å². The summed E-state index contributed by atoms with van der Waals surface area (Å²) in [6.07, 6.45) is -3.58. The smallest absolute Gasteiger partial charge is 0.303 e. The fraction of sp³-hybridized carbons (Fsp3) is 0.367. The van der Waals surface area contributed by atoms with E-state index in [2.05, 4.69) is 0 Å². The molecule has 196 valence electrons. The Bertz CT molecular complexity index is 1010. The second-order valence-electron chi connectivity index (χ2n) is 9.34. The van der Waals surface area contributed by atoms with Crippen molar-refractivity contribution in [3.05, 3.63) is 108 Å². The lowest BCUT2D eigenvalue weighted by Gasteiger charge is -2.43. The Kier molecular flexibility index (Phi) is 9.08. The average molecular weight is 507 g/mol. The molecule has 3 aromatic carbocycles. The van der Waals surface area contributed by atoms with Gasteiger partial charge in [-0.1, -0.05) is 97.9 Å². The SMILES string of the molecule is C[C@@H]1C(O)[C@H](OCCCC(=O)O)OC(COC(c2ccccc2)(c2ccccc2)c2ccccc2)[C@H]1O. The molecule has 2 unspecified atom stereocenters. The number of aliphatic hydroxyl groups excluding tert-OH is 2. The molecule has 0 aliphatic carbocycles. The molecule has 5 atom stereocenters. The predicted molar refractivity (Wildman–Crippen MR) is 138 cm³/mol. The van der Waals surface area contributed by atoms with E-state index < -0.39 is 42.1 Å². The van der Waals surface area contributed by atoms with Crippen molar-refractivity contribution in [1.29, 1.82) is 0 Å². The summed E-state index contributed by atoms with van der Waals surface area (Å²) in [7, 11) is 0. The number of benzene rings is 3. The van der Waals surface area contributed by atoms with Gasteiger partial charge in [0.15, 0.2) is 6.29 Å². The summed E-state index contributed by atoms with van der Waals surface area (Å²) >= 11 is 0. The van der Waals surface area contributed by atoms with Crippen LogP contribution in [0.25, 0.3) is 0 Å². The topological polar surface area (TPSA) is 105 Å². The molecule has 1 aliphatic heterocycles. The summed E-state index contributed by atoms with van der Waals surface area (Å²) in [6, 6.07) is 29.7. The number of hydrogen-bond donors (Lipinski definition) is 3. The monoisotopic (exact) mass is 506 g/mol. The number of hydrogen-bond acceptors (Lipinski definition) is 6. The van der Waals surface area contributed by atoms with E-state index in [0.717, 1.165) is 16.7 Å². The van der Waals surface area contributed by atoms with Crippen LogP contribution < -0.4 is 0 Å². The molecule has 0 bridgehead atoms. The molecule has 1 fully saturated rings. The molecule has 3 aromatic rings. The van der Waals surface area contributed by atoms with Gasteiger partial charge in [0.2, 0.25) is 0 Å². The van der Waals surface area contributed by atoms with Crippen molar-refractivity contribution in [2.45, 2.75) is 50.0 Å². The molecule has 1 heterocycles. The second kappa shape index (κ2) is 12.4. The highest BCUT2D eigenvalue weighted by Crippen LogP contribution is 2.41. The molecular formula is C30H34O7. The van der Waals surface area contributed by atoms with Gasteiger partial charge in [0.1, 0.15) is 17.8 Å². The van der Waals surface area contributed by atoms with Gasteiger partial charge in [0, 0.05) is 12.3 Å². The van der Waals surface area contributed by atoms with Crippen LogP contribution in [-0.4, -0.2) is 59.1 Å². The molecule has 0 spiro atoms. The summed E-state index contributed by atoms with van der Waals surface area (Å²) in [4.78, 5) is 10.8. The average Bonchev–Trinajstić information content (AvgIpc) is 2.93. The van der Waals surface area contributed by atoms with E-state index in [1.165, 1.54) is 0 Å². The largest absolute Gasteiger partial charge is 0.481 e. The van der Waals surface area contributed by atoms with Gasteiger partial charge in [-0.05, 0) is 23.1 Å². The standard InChI is InChI=1S/C30H34O7/c1-21-27(33)25(37-29(28(21)34)35-19-11-18-26(31)32)20-36-30(22-12-5-2-6-13-22,23-14-7-3-8-15-23)24-16-9-4-10-17-24/h2-10,12-17,21,25,27-29,33-34H,11,18-20H2,1H3,(H,31,32)/t21-,25?,27-,28?,29+/m0/s1. The summed E-state index contributed by atoms with van der Waals surface area (Å²) in [5.41, 5.74) is 1.79. The van der Waals surface area contributed by atoms with Gasteiger partial charge in [-0.15, -0.1) is 0 Å². The van der Waals surface area contributed by atoms with Crippen LogP contribution in [0.1, 0.15) is 36.5 Å². The fourth-order valence-electron chi connectivity index (χ4n) is 4.80. The second-order valence-corrected chi connectivity index (χ2v) is 9.34. The first-order valence-corrected chi connectivity index (χ1v) is 12.6. The van der Waals surface area contributed by atoms with Crippen LogP contribution in [0.5, 0.6) is 0 Å². The van der Waals surface area contributed by atoms with Crippen molar-refractivity contribution >= 4 is 5.97 Å². The maximum Gasteiger partial charge on any atom is 0.303 e. The lowest BCUT2D eigenvalue weighted by Crippen LogP contribution is -2.56. The lowest BCUT2D eigenvalue weighted by atomic mass is 9.80. The zero-order chi connectivity index (χ0) is 26.3. The van der Waals surface area contributed by atoms with E-state index in [1.54, 1.807) is 6.92 Å². The molecule has 37 heavy (non-hydrogen) atoms. The van der Waals surface area contributed by atoms with Crippen LogP contribution in [0, 0.1) is 5.92 Å². The van der Waals surface area contributed by atoms with Gasteiger partial charge in [0.05, 0.1) is 19.3 Å². The number of rotatable bonds is 11. The van der Waals surface area contributed by atoms with Crippen LogP contribution in [0.4, 0.5) is 0 Å². The Labute approximate surface area is 217 Å². The first kappa shape index (κ1) is 27.0. The van der Waals surface area contributed by atoms with Crippen LogP contribution in [0.15, 0.2) is 91.0 Å². The third kappa shape index (κ3) is 6.09. The van der Waals surface area contributed by atoms with Gasteiger partial charge >= 0.3 is 5.97 Å². The van der Waals surface area contributed by atoms with Crippen molar-refractivity contribution in [1.82, 2.24) is 0 Å². The molecule has 7 heteroatoms. The van der Waals surface area contributed by atoms with Crippen LogP contribution >= 0.6 is 0 Å². The molecule has 7 nitrogen and oxygen atoms in total. The van der Waals surface area contributed by atoms with Crippen molar-refractivity contribution in [3.63, 3.8) is 0 Å². The van der Waals surface area contributed by atoms with E-state index in [9.17, 15) is 15.0 Å². The normalized spacial score (nSPS) is 24.0. The minimum Gasteiger partial charge on any atom is -0.481 e. The number of carboxylic acids is 1. The molecule has 0 saturated carbocycles. The number of carbonyl (C=O) groups is 1. The van der Waals surface area contributed by atoms with Gasteiger partial charge in [0.25, 0.3) is 0 Å². The van der Waals surface area contributed by atoms with E-state index in [4.69, 9.17) is 19.3 Å². The molecule has 0 amide bonds. The predicted octanol–water partition coefficient (Wildman–Crippen LogP) is 3.96. The number of carboxylic acid groups (broad SMARTS) is 1. The Morgan fingerprint density at radius 2 is 1.32 bits per heavy atom. The number of aliphatic carboxylic acids is 1. The fourth-order valence-corrected chi connectivity index (χ4v) is 4.80. The lowest BCUT2D eigenvalue weighted by molar-refractivity contribution is -0.292. The Hall–Kier alpha value is -3.07. The molecule has 0 aromatic heterocycles. The maximum atomic E-state index is 11.0. The zero-order valence-electron chi connectivity index (χ0n) is 20.9. The maximum absolute atomic E-state index is 11.0. The van der Waals surface area contributed by atoms with E-state index in [0.29, 0.717) is 6.42 Å². The Morgan fingerprint density at radius 1 is 0.838 bits per heavy atom. The van der Waals surface area contributed by atoms with Gasteiger partial charge in [-0.3, -0.25) is 4.79 Å². The number of ether oxygens (including phenoxy) is 3. The van der Waals surface area contributed by atoms with Gasteiger partial charge in [-0.2, -0.15) is 0 Å². The third-order valence-electron chi connectivity index (χ3n) is 6.87. The number of aliphatic hydroxyl groups is 2. The van der Waals surface area contributed by atoms with E-state index in [-0.39, 0.29) is 19.6 Å². The summed E-state index contributed by atoms with van der Waals surface area (Å²) in [5, 5.41) is 30.5. The molecular weight excluding hydrogens is 472 g/mol. The van der Waals surface area contributed by atoms with Crippen LogP contribution in [0.2, 0.25) is 0 Å². The minimum absolute atomic E-state index is 0.0197. The van der Waals surface area contributed by atoms with Crippen LogP contribution in [0.3, 0.4) is 0 Å². The summed E-state index contributed by atoms with van der Waals surface area (Å²) in [6.45, 7) is 1.87. The highest BCUT2D eigenvalue weighted by molar-refractivity contribution is 5.66. The minimum atomic E-state index is -1.06. The highest BCUT2D eigenvalue weighted by Gasteiger charge is 2.45. The van der Waals surface area contributed by atoms with Gasteiger partial charge < -0.3 is 29.5 Å². The van der Waals surface area contributed by atoms with Gasteiger partial charge in [-0.25, -0.2) is 0 Å². The molecule has 4 rings (SSSR count). The van der Waals surface area contributed by atoms with E-state index in [1.807, 2.05) is 91.0 Å². The zero-order valence-corrected chi connectivity index (χ0v) is 20.9. The van der Waals surface area contributed by atoms with Crippen molar-refractivity contribution in [2.75, 3.05) is 13.2 Å². The summed E-state index contributed by atoms with van der Waals surface area (Å²) < 4.78 is 18.5. The first-order chi connectivity index (χ1) is 17.9. The summed E-state index contributed by atoms with van der Waals surface area (Å²) in [5.74, 6) is -1.45. The van der Waals surface area contributed by atoms with Crippen molar-refractivity contribution in [3.8, 4) is 0 Å². The Balaban J connectivity index is 1.63. The third-order valence-corrected chi connectivity index (χ3v) is 6.87. The van der Waals surface area contributed by atoms with Crippen molar-refractivity contribution in [2.24, 2.45) is 5.92 Å². The Morgan fingerprint density at radius 3 is 1.78 bits per heavy atom. The van der Waals surface area contributed by atoms with Crippen molar-refractivity contribution < 1.29 is 34.3 Å². The first-order valence-electron chi connectivity index (χ1n) is 12.6. The highest BCUT2D eigenvalue weighted by atomic mass is 16.7. The van der Waals surface area contributed by atoms with E-state index >= 15 is 0 Å². The molecule has 1 aliphatic rings.